The van der Waals surface area contributed by atoms with Crippen LogP contribution in [0.1, 0.15) is 23.7 Å². The van der Waals surface area contributed by atoms with Gasteiger partial charge in [0.05, 0.1) is 0 Å². The maximum absolute atomic E-state index is 12.1. The molecule has 0 aliphatic heterocycles. The number of hydrogen-bond donors (Lipinski definition) is 3. The summed E-state index contributed by atoms with van der Waals surface area (Å²) in [6.07, 6.45) is 1.10. The molecule has 0 spiro atoms. The van der Waals surface area contributed by atoms with Crippen LogP contribution in [-0.2, 0) is 0 Å². The minimum absolute atomic E-state index is 0. The molecule has 0 unspecified atom stereocenters. The van der Waals surface area contributed by atoms with E-state index in [2.05, 4.69) is 22.9 Å². The van der Waals surface area contributed by atoms with Gasteiger partial charge in [-0.25, -0.2) is 0 Å². The van der Waals surface area contributed by atoms with E-state index in [1.54, 1.807) is 0 Å². The molecule has 2 aromatic rings. The van der Waals surface area contributed by atoms with Crippen LogP contribution in [-0.4, -0.2) is 25.5 Å². The average Bonchev–Trinajstić information content (AvgIpc) is 2.56. The van der Waals surface area contributed by atoms with Crippen molar-refractivity contribution < 1.29 is 4.79 Å². The molecule has 0 atom stereocenters. The predicted molar refractivity (Wildman–Crippen MR) is 98.9 cm³/mol. The molecule has 2 aromatic carbocycles. The number of anilines is 2. The highest BCUT2D eigenvalue weighted by atomic mass is 35.5. The number of halogens is 1. The van der Waals surface area contributed by atoms with E-state index in [0.29, 0.717) is 12.1 Å². The van der Waals surface area contributed by atoms with Gasteiger partial charge in [0, 0.05) is 30.0 Å². The molecule has 0 fully saturated rings. The van der Waals surface area contributed by atoms with Crippen LogP contribution in [0.4, 0.5) is 11.4 Å². The predicted octanol–water partition coefficient (Wildman–Crippen LogP) is 3.58. The van der Waals surface area contributed by atoms with Crippen molar-refractivity contribution in [1.29, 1.82) is 0 Å². The van der Waals surface area contributed by atoms with Gasteiger partial charge in [-0.05, 0) is 43.3 Å². The van der Waals surface area contributed by atoms with Crippen LogP contribution in [0, 0.1) is 0 Å². The van der Waals surface area contributed by atoms with Crippen molar-refractivity contribution in [1.82, 2.24) is 10.6 Å². The maximum Gasteiger partial charge on any atom is 0.251 e. The van der Waals surface area contributed by atoms with E-state index in [-0.39, 0.29) is 18.3 Å². The van der Waals surface area contributed by atoms with Gasteiger partial charge in [0.25, 0.3) is 5.91 Å². The molecule has 124 valence electrons. The van der Waals surface area contributed by atoms with Gasteiger partial charge in [-0.2, -0.15) is 0 Å². The lowest BCUT2D eigenvalue weighted by molar-refractivity contribution is 0.0954. The van der Waals surface area contributed by atoms with Gasteiger partial charge < -0.3 is 16.0 Å². The van der Waals surface area contributed by atoms with Crippen molar-refractivity contribution in [2.24, 2.45) is 0 Å². The number of carbonyl (C=O) groups excluding carboxylic acids is 1. The number of amides is 1. The smallest absolute Gasteiger partial charge is 0.251 e. The topological polar surface area (TPSA) is 53.2 Å². The van der Waals surface area contributed by atoms with Crippen LogP contribution < -0.4 is 16.0 Å². The number of benzene rings is 2. The molecule has 2 rings (SSSR count). The first-order valence-electron chi connectivity index (χ1n) is 7.70. The quantitative estimate of drug-likeness (QED) is 0.647. The minimum atomic E-state index is -0.0463. The molecular formula is C18H24ClN3O. The van der Waals surface area contributed by atoms with Gasteiger partial charge in [-0.3, -0.25) is 4.79 Å². The fourth-order valence-electron chi connectivity index (χ4n) is 2.09. The molecule has 0 aliphatic carbocycles. The van der Waals surface area contributed by atoms with Gasteiger partial charge in [0.1, 0.15) is 0 Å². The van der Waals surface area contributed by atoms with E-state index in [4.69, 9.17) is 0 Å². The molecule has 23 heavy (non-hydrogen) atoms. The van der Waals surface area contributed by atoms with Crippen LogP contribution in [0.2, 0.25) is 0 Å². The molecule has 0 aromatic heterocycles. The van der Waals surface area contributed by atoms with Gasteiger partial charge in [-0.1, -0.05) is 31.2 Å². The summed E-state index contributed by atoms with van der Waals surface area (Å²) in [6.45, 7) is 4.53. The zero-order chi connectivity index (χ0) is 15.6. The molecule has 0 aliphatic rings. The lowest BCUT2D eigenvalue weighted by Crippen LogP contribution is -2.32. The van der Waals surface area contributed by atoms with E-state index in [9.17, 15) is 4.79 Å². The first kappa shape index (κ1) is 19.0. The highest BCUT2D eigenvalue weighted by molar-refractivity contribution is 5.95. The van der Waals surface area contributed by atoms with Crippen molar-refractivity contribution in [2.45, 2.75) is 13.3 Å². The second-order valence-electron chi connectivity index (χ2n) is 5.08. The van der Waals surface area contributed by atoms with Crippen molar-refractivity contribution in [3.8, 4) is 0 Å². The summed E-state index contributed by atoms with van der Waals surface area (Å²) in [5.41, 5.74) is 2.57. The van der Waals surface area contributed by atoms with E-state index in [1.165, 1.54) is 0 Å². The van der Waals surface area contributed by atoms with Crippen molar-refractivity contribution >= 4 is 29.7 Å². The molecule has 3 N–H and O–H groups in total. The summed E-state index contributed by atoms with van der Waals surface area (Å²) in [4.78, 5) is 12.1. The molecule has 5 heteroatoms. The number of carbonyl (C=O) groups is 1. The second kappa shape index (κ2) is 10.6. The minimum Gasteiger partial charge on any atom is -0.356 e. The lowest BCUT2D eigenvalue weighted by Gasteiger charge is -2.09. The third kappa shape index (κ3) is 6.72. The van der Waals surface area contributed by atoms with Gasteiger partial charge in [-0.15, -0.1) is 12.4 Å². The zero-order valence-corrected chi connectivity index (χ0v) is 14.2. The van der Waals surface area contributed by atoms with Crippen LogP contribution in [0.25, 0.3) is 0 Å². The molecule has 0 saturated heterocycles. The zero-order valence-electron chi connectivity index (χ0n) is 13.3. The molecule has 0 bridgehead atoms. The summed E-state index contributed by atoms with van der Waals surface area (Å²) in [5, 5.41) is 9.47. The number of rotatable bonds is 8. The molecule has 0 radical (unpaired) electrons. The Kier molecular flexibility index (Phi) is 8.80. The van der Waals surface area contributed by atoms with E-state index in [1.807, 2.05) is 54.6 Å². The Labute approximate surface area is 144 Å². The summed E-state index contributed by atoms with van der Waals surface area (Å²) >= 11 is 0. The van der Waals surface area contributed by atoms with E-state index >= 15 is 0 Å². The third-order valence-corrected chi connectivity index (χ3v) is 3.20. The molecule has 0 saturated carbocycles. The van der Waals surface area contributed by atoms with Crippen LogP contribution in [0.3, 0.4) is 0 Å². The average molecular weight is 334 g/mol. The SMILES string of the molecule is CCCNCCNC(=O)c1cccc(Nc2ccccc2)c1.Cl. The standard InChI is InChI=1S/C18H23N3O.ClH/c1-2-11-19-12-13-20-18(22)15-7-6-10-17(14-15)21-16-8-4-3-5-9-16;/h3-10,14,19,21H,2,11-13H2,1H3,(H,20,22);1H. The van der Waals surface area contributed by atoms with Crippen molar-refractivity contribution in [2.75, 3.05) is 25.0 Å². The Hall–Kier alpha value is -2.04. The summed E-state index contributed by atoms with van der Waals surface area (Å²) in [6, 6.07) is 17.4. The molecule has 0 heterocycles. The van der Waals surface area contributed by atoms with Crippen molar-refractivity contribution in [3.63, 3.8) is 0 Å². The lowest BCUT2D eigenvalue weighted by atomic mass is 10.2. The summed E-state index contributed by atoms with van der Waals surface area (Å²) in [5.74, 6) is -0.0463. The summed E-state index contributed by atoms with van der Waals surface area (Å²) < 4.78 is 0. The Balaban J connectivity index is 0.00000264. The van der Waals surface area contributed by atoms with Gasteiger partial charge >= 0.3 is 0 Å². The monoisotopic (exact) mass is 333 g/mol. The van der Waals surface area contributed by atoms with Crippen LogP contribution in [0.5, 0.6) is 0 Å². The van der Waals surface area contributed by atoms with Crippen LogP contribution >= 0.6 is 12.4 Å². The molecular weight excluding hydrogens is 310 g/mol. The molecule has 4 nitrogen and oxygen atoms in total. The Morgan fingerprint density at radius 3 is 2.39 bits per heavy atom. The number of hydrogen-bond acceptors (Lipinski definition) is 3. The first-order chi connectivity index (χ1) is 10.8. The Bertz CT molecular complexity index is 590. The van der Waals surface area contributed by atoms with Gasteiger partial charge in [0.2, 0.25) is 0 Å². The third-order valence-electron chi connectivity index (χ3n) is 3.20. The second-order valence-corrected chi connectivity index (χ2v) is 5.08. The maximum atomic E-state index is 12.1. The molecule has 1 amide bonds. The highest BCUT2D eigenvalue weighted by Gasteiger charge is 2.05. The van der Waals surface area contributed by atoms with Crippen LogP contribution in [0.15, 0.2) is 54.6 Å². The van der Waals surface area contributed by atoms with Crippen molar-refractivity contribution in [3.05, 3.63) is 60.2 Å². The number of nitrogens with one attached hydrogen (secondary N) is 3. The Morgan fingerprint density at radius 2 is 1.65 bits per heavy atom. The largest absolute Gasteiger partial charge is 0.356 e. The summed E-state index contributed by atoms with van der Waals surface area (Å²) in [7, 11) is 0. The van der Waals surface area contributed by atoms with E-state index in [0.717, 1.165) is 30.9 Å². The van der Waals surface area contributed by atoms with Gasteiger partial charge in [0.15, 0.2) is 0 Å². The fourth-order valence-corrected chi connectivity index (χ4v) is 2.09. The van der Waals surface area contributed by atoms with E-state index < -0.39 is 0 Å². The highest BCUT2D eigenvalue weighted by Crippen LogP contribution is 2.17. The Morgan fingerprint density at radius 1 is 0.913 bits per heavy atom. The normalized spacial score (nSPS) is 9.78. The fraction of sp³-hybridized carbons (Fsp3) is 0.278. The first-order valence-corrected chi connectivity index (χ1v) is 7.70. The number of para-hydroxylation sites is 1.